The summed E-state index contributed by atoms with van der Waals surface area (Å²) in [6, 6.07) is 0. The monoisotopic (exact) mass is 341 g/mol. The quantitative estimate of drug-likeness (QED) is 0.609. The summed E-state index contributed by atoms with van der Waals surface area (Å²) in [5, 5.41) is 20.7. The van der Waals surface area contributed by atoms with Crippen LogP contribution < -0.4 is 0 Å². The Morgan fingerprint density at radius 2 is 1.95 bits per heavy atom. The highest BCUT2D eigenvalue weighted by Crippen LogP contribution is 2.09. The van der Waals surface area contributed by atoms with Crippen LogP contribution in [0.25, 0.3) is 0 Å². The molecule has 1 unspecified atom stereocenters. The number of aromatic nitrogens is 2. The second-order valence-electron chi connectivity index (χ2n) is 4.89. The van der Waals surface area contributed by atoms with Crippen LogP contribution in [0.3, 0.4) is 0 Å². The highest BCUT2D eigenvalue weighted by molar-refractivity contribution is 5.85. The largest absolute Gasteiger partial charge is 0.434 e. The minimum atomic E-state index is -0.628. The van der Waals surface area contributed by atoms with E-state index in [4.69, 9.17) is 0 Å². The van der Waals surface area contributed by atoms with Crippen molar-refractivity contribution in [3.05, 3.63) is 22.5 Å². The number of nitro groups is 1. The van der Waals surface area contributed by atoms with Gasteiger partial charge in [-0.15, -0.1) is 24.8 Å². The van der Waals surface area contributed by atoms with E-state index in [1.54, 1.807) is 0 Å². The Kier molecular flexibility index (Phi) is 8.76. The summed E-state index contributed by atoms with van der Waals surface area (Å²) in [7, 11) is 2.07. The smallest absolute Gasteiger partial charge is 0.390 e. The third kappa shape index (κ3) is 5.76. The van der Waals surface area contributed by atoms with Crippen molar-refractivity contribution in [2.24, 2.45) is 0 Å². The number of β-amino-alcohol motifs (C(OH)–C–C–N with tert-alkyl or cyclic N) is 1. The van der Waals surface area contributed by atoms with Crippen molar-refractivity contribution in [3.8, 4) is 0 Å². The van der Waals surface area contributed by atoms with E-state index in [2.05, 4.69) is 21.8 Å². The lowest BCUT2D eigenvalue weighted by Crippen LogP contribution is -2.47. The van der Waals surface area contributed by atoms with Gasteiger partial charge in [0.2, 0.25) is 0 Å². The van der Waals surface area contributed by atoms with E-state index in [9.17, 15) is 15.2 Å². The van der Waals surface area contributed by atoms with Gasteiger partial charge in [0.25, 0.3) is 0 Å². The zero-order valence-electron chi connectivity index (χ0n) is 11.8. The fourth-order valence-electron chi connectivity index (χ4n) is 2.23. The number of rotatable bonds is 5. The Labute approximate surface area is 135 Å². The van der Waals surface area contributed by atoms with E-state index >= 15 is 0 Å². The Morgan fingerprint density at radius 1 is 1.33 bits per heavy atom. The number of hydrogen-bond acceptors (Lipinski definition) is 6. The molecule has 0 radical (unpaired) electrons. The van der Waals surface area contributed by atoms with Crippen molar-refractivity contribution in [1.29, 1.82) is 0 Å². The van der Waals surface area contributed by atoms with Crippen LogP contribution in [0.4, 0.5) is 5.95 Å². The van der Waals surface area contributed by atoms with Crippen molar-refractivity contribution >= 4 is 30.8 Å². The average molecular weight is 342 g/mol. The van der Waals surface area contributed by atoms with Crippen molar-refractivity contribution in [1.82, 2.24) is 19.4 Å². The first-order valence-electron chi connectivity index (χ1n) is 6.30. The molecule has 0 spiro atoms. The van der Waals surface area contributed by atoms with Gasteiger partial charge in [0.1, 0.15) is 12.4 Å². The van der Waals surface area contributed by atoms with Crippen molar-refractivity contribution in [2.45, 2.75) is 12.6 Å². The van der Waals surface area contributed by atoms with Gasteiger partial charge >= 0.3 is 5.95 Å². The lowest BCUT2D eigenvalue weighted by Gasteiger charge is -2.33. The molecule has 0 aliphatic carbocycles. The first-order valence-corrected chi connectivity index (χ1v) is 6.30. The van der Waals surface area contributed by atoms with E-state index in [0.717, 1.165) is 26.2 Å². The van der Waals surface area contributed by atoms with Crippen LogP contribution in [0.5, 0.6) is 0 Å². The maximum absolute atomic E-state index is 10.7. The number of nitrogens with zero attached hydrogens (tertiary/aromatic N) is 5. The third-order valence-electron chi connectivity index (χ3n) is 3.33. The molecular weight excluding hydrogens is 321 g/mol. The predicted octanol–water partition coefficient (Wildman–Crippen LogP) is 0.243. The lowest BCUT2D eigenvalue weighted by molar-refractivity contribution is -0.397. The number of likely N-dealkylation sites (N-methyl/N-ethyl adjacent to an activating group) is 1. The summed E-state index contributed by atoms with van der Waals surface area (Å²) in [5.41, 5.74) is 0. The molecule has 1 aliphatic heterocycles. The molecule has 0 bridgehead atoms. The summed E-state index contributed by atoms with van der Waals surface area (Å²) in [6.07, 6.45) is 2.27. The van der Waals surface area contributed by atoms with Gasteiger partial charge in [-0.1, -0.05) is 4.98 Å². The maximum Gasteiger partial charge on any atom is 0.434 e. The van der Waals surface area contributed by atoms with E-state index in [1.165, 1.54) is 17.0 Å². The molecule has 2 heterocycles. The molecule has 0 amide bonds. The zero-order valence-corrected chi connectivity index (χ0v) is 13.4. The Hall–Kier alpha value is -0.930. The molecule has 1 aromatic rings. The molecule has 10 heteroatoms. The molecule has 0 aromatic carbocycles. The molecule has 2 rings (SSSR count). The van der Waals surface area contributed by atoms with Crippen LogP contribution in [0, 0.1) is 10.1 Å². The summed E-state index contributed by atoms with van der Waals surface area (Å²) in [6.45, 7) is 4.53. The van der Waals surface area contributed by atoms with Crippen LogP contribution in [0.15, 0.2) is 12.4 Å². The predicted molar refractivity (Wildman–Crippen MR) is 83.3 cm³/mol. The van der Waals surface area contributed by atoms with E-state index in [1.807, 2.05) is 0 Å². The molecule has 21 heavy (non-hydrogen) atoms. The first kappa shape index (κ1) is 20.1. The second kappa shape index (κ2) is 9.16. The number of halogens is 2. The minimum absolute atomic E-state index is 0. The maximum atomic E-state index is 10.7. The highest BCUT2D eigenvalue weighted by Gasteiger charge is 2.21. The number of piperazine rings is 1. The van der Waals surface area contributed by atoms with Gasteiger partial charge in [-0.3, -0.25) is 4.90 Å². The molecule has 1 saturated heterocycles. The second-order valence-corrected chi connectivity index (χ2v) is 4.89. The molecule has 1 fully saturated rings. The summed E-state index contributed by atoms with van der Waals surface area (Å²) >= 11 is 0. The van der Waals surface area contributed by atoms with Gasteiger partial charge in [0, 0.05) is 32.7 Å². The number of aliphatic hydroxyl groups is 1. The van der Waals surface area contributed by atoms with Crippen LogP contribution in [0.2, 0.25) is 0 Å². The number of imidazole rings is 1. The Morgan fingerprint density at radius 3 is 2.52 bits per heavy atom. The van der Waals surface area contributed by atoms with Crippen LogP contribution in [-0.4, -0.2) is 75.3 Å². The van der Waals surface area contributed by atoms with Gasteiger partial charge < -0.3 is 20.1 Å². The SMILES string of the molecule is CN1CCN(CC(O)Cn2ccnc2[N+](=O)[O-])CC1.Cl.Cl. The topological polar surface area (TPSA) is 87.7 Å². The third-order valence-corrected chi connectivity index (χ3v) is 3.33. The lowest BCUT2D eigenvalue weighted by atomic mass is 10.2. The summed E-state index contributed by atoms with van der Waals surface area (Å²) in [5.74, 6) is -0.225. The number of aliphatic hydroxyl groups excluding tert-OH is 1. The molecule has 122 valence electrons. The molecule has 1 aromatic heterocycles. The molecule has 0 saturated carbocycles. The van der Waals surface area contributed by atoms with Gasteiger partial charge in [0.05, 0.1) is 12.6 Å². The molecular formula is C11H21Cl2N5O3. The average Bonchev–Trinajstić information content (AvgIpc) is 2.80. The van der Waals surface area contributed by atoms with Gasteiger partial charge in [-0.2, -0.15) is 0 Å². The van der Waals surface area contributed by atoms with Crippen LogP contribution in [0.1, 0.15) is 0 Å². The highest BCUT2D eigenvalue weighted by atomic mass is 35.5. The van der Waals surface area contributed by atoms with Crippen LogP contribution in [-0.2, 0) is 6.54 Å². The Bertz CT molecular complexity index is 437. The van der Waals surface area contributed by atoms with Gasteiger partial charge in [-0.05, 0) is 12.0 Å². The number of hydrogen-bond donors (Lipinski definition) is 1. The van der Waals surface area contributed by atoms with E-state index in [-0.39, 0.29) is 37.3 Å². The minimum Gasteiger partial charge on any atom is -0.390 e. The Balaban J connectivity index is 0.00000200. The van der Waals surface area contributed by atoms with E-state index < -0.39 is 11.0 Å². The zero-order chi connectivity index (χ0) is 13.8. The van der Waals surface area contributed by atoms with Crippen molar-refractivity contribution < 1.29 is 10.0 Å². The summed E-state index contributed by atoms with van der Waals surface area (Å²) < 4.78 is 1.38. The van der Waals surface area contributed by atoms with Crippen LogP contribution >= 0.6 is 24.8 Å². The molecule has 1 atom stereocenters. The summed E-state index contributed by atoms with van der Waals surface area (Å²) in [4.78, 5) is 18.2. The van der Waals surface area contributed by atoms with Crippen molar-refractivity contribution in [3.63, 3.8) is 0 Å². The van der Waals surface area contributed by atoms with Gasteiger partial charge in [-0.25, -0.2) is 4.57 Å². The fourth-order valence-corrected chi connectivity index (χ4v) is 2.23. The van der Waals surface area contributed by atoms with E-state index in [0.29, 0.717) is 6.54 Å². The van der Waals surface area contributed by atoms with Crippen molar-refractivity contribution in [2.75, 3.05) is 39.8 Å². The normalized spacial score (nSPS) is 17.6. The first-order chi connectivity index (χ1) is 9.06. The molecule has 8 nitrogen and oxygen atoms in total. The standard InChI is InChI=1S/C11H19N5O3.2ClH/c1-13-4-6-14(7-5-13)8-10(17)9-15-3-2-12-11(15)16(18)19;;/h2-3,10,17H,4-9H2,1H3;2*1H. The molecule has 1 aliphatic rings. The molecule has 1 N–H and O–H groups in total. The van der Waals surface area contributed by atoms with Gasteiger partial charge in [0.15, 0.2) is 0 Å². The fraction of sp³-hybridized carbons (Fsp3) is 0.727.